The standard InChI is InChI=1S/C26H28FN5O/c27-21-6-3-7-22(15-21)29-24-16-23(19-8-11-28-12-9-19)30-26(31-24)20-10-13-32(17-20)25(33)14-18-4-1-2-5-18/h3,6-9,11-12,15-16,18,20H,1-2,4-5,10,13-14,17H2,(H,29,30,31). The number of pyridine rings is 1. The normalized spacial score (nSPS) is 18.6. The molecule has 6 nitrogen and oxygen atoms in total. The van der Waals surface area contributed by atoms with Gasteiger partial charge in [-0.05, 0) is 55.5 Å². The number of hydrogen-bond acceptors (Lipinski definition) is 5. The van der Waals surface area contributed by atoms with E-state index in [4.69, 9.17) is 9.97 Å². The predicted octanol–water partition coefficient (Wildman–Crippen LogP) is 5.32. The Morgan fingerprint density at radius 1 is 1.06 bits per heavy atom. The van der Waals surface area contributed by atoms with Crippen molar-refractivity contribution in [2.75, 3.05) is 18.4 Å². The van der Waals surface area contributed by atoms with E-state index in [0.717, 1.165) is 24.2 Å². The summed E-state index contributed by atoms with van der Waals surface area (Å²) in [6, 6.07) is 12.0. The third-order valence-electron chi connectivity index (χ3n) is 6.66. The van der Waals surface area contributed by atoms with Crippen LogP contribution in [0.2, 0.25) is 0 Å². The van der Waals surface area contributed by atoms with Crippen LogP contribution in [0.4, 0.5) is 15.9 Å². The summed E-state index contributed by atoms with van der Waals surface area (Å²) in [6.07, 6.45) is 9.82. The van der Waals surface area contributed by atoms with E-state index < -0.39 is 0 Å². The van der Waals surface area contributed by atoms with Gasteiger partial charge in [-0.2, -0.15) is 0 Å². The molecule has 3 aromatic rings. The molecule has 1 saturated carbocycles. The number of hydrogen-bond donors (Lipinski definition) is 1. The van der Waals surface area contributed by atoms with Crippen molar-refractivity contribution >= 4 is 17.4 Å². The van der Waals surface area contributed by atoms with E-state index in [9.17, 15) is 9.18 Å². The molecule has 170 valence electrons. The molecule has 3 heterocycles. The minimum atomic E-state index is -0.309. The molecule has 1 unspecified atom stereocenters. The van der Waals surface area contributed by atoms with E-state index in [0.29, 0.717) is 36.2 Å². The Morgan fingerprint density at radius 3 is 2.67 bits per heavy atom. The van der Waals surface area contributed by atoms with E-state index in [1.165, 1.54) is 37.8 Å². The molecule has 33 heavy (non-hydrogen) atoms. The van der Waals surface area contributed by atoms with Crippen molar-refractivity contribution in [2.45, 2.75) is 44.4 Å². The van der Waals surface area contributed by atoms with Crippen molar-refractivity contribution in [1.29, 1.82) is 0 Å². The van der Waals surface area contributed by atoms with Gasteiger partial charge in [-0.3, -0.25) is 9.78 Å². The number of rotatable bonds is 6. The van der Waals surface area contributed by atoms with E-state index in [1.807, 2.05) is 23.1 Å². The summed E-state index contributed by atoms with van der Waals surface area (Å²) in [5.41, 5.74) is 2.33. The van der Waals surface area contributed by atoms with E-state index in [1.54, 1.807) is 24.5 Å². The van der Waals surface area contributed by atoms with Crippen molar-refractivity contribution in [1.82, 2.24) is 19.9 Å². The number of anilines is 2. The van der Waals surface area contributed by atoms with Crippen LogP contribution in [0.5, 0.6) is 0 Å². The average Bonchev–Trinajstić information content (AvgIpc) is 3.52. The van der Waals surface area contributed by atoms with Gasteiger partial charge >= 0.3 is 0 Å². The van der Waals surface area contributed by atoms with Gasteiger partial charge in [-0.25, -0.2) is 14.4 Å². The zero-order valence-corrected chi connectivity index (χ0v) is 18.6. The Bertz CT molecular complexity index is 1120. The van der Waals surface area contributed by atoms with Gasteiger partial charge in [0.15, 0.2) is 0 Å². The van der Waals surface area contributed by atoms with Gasteiger partial charge in [0.1, 0.15) is 17.5 Å². The maximum atomic E-state index is 13.7. The van der Waals surface area contributed by atoms with Crippen molar-refractivity contribution in [3.05, 3.63) is 66.5 Å². The Labute approximate surface area is 193 Å². The summed E-state index contributed by atoms with van der Waals surface area (Å²) >= 11 is 0. The zero-order valence-electron chi connectivity index (χ0n) is 18.6. The molecule has 1 N–H and O–H groups in total. The Kier molecular flexibility index (Phi) is 6.28. The Morgan fingerprint density at radius 2 is 1.88 bits per heavy atom. The lowest BCUT2D eigenvalue weighted by Gasteiger charge is -2.19. The third-order valence-corrected chi connectivity index (χ3v) is 6.66. The summed E-state index contributed by atoms with van der Waals surface area (Å²) in [6.45, 7) is 1.39. The van der Waals surface area contributed by atoms with E-state index in [-0.39, 0.29) is 17.6 Å². The van der Waals surface area contributed by atoms with E-state index >= 15 is 0 Å². The average molecular weight is 446 g/mol. The van der Waals surface area contributed by atoms with Crippen LogP contribution in [0.1, 0.15) is 50.3 Å². The predicted molar refractivity (Wildman–Crippen MR) is 125 cm³/mol. The molecule has 1 aliphatic heterocycles. The second-order valence-corrected chi connectivity index (χ2v) is 9.05. The number of aromatic nitrogens is 3. The Hall–Kier alpha value is -3.35. The summed E-state index contributed by atoms with van der Waals surface area (Å²) < 4.78 is 13.7. The lowest BCUT2D eigenvalue weighted by atomic mass is 10.0. The SMILES string of the molecule is O=C(CC1CCCC1)N1CCC(c2nc(Nc3cccc(F)c3)cc(-c3ccncc3)n2)C1. The highest BCUT2D eigenvalue weighted by Gasteiger charge is 2.31. The fraction of sp³-hybridized carbons (Fsp3) is 0.385. The molecular formula is C26H28FN5O. The zero-order chi connectivity index (χ0) is 22.6. The number of nitrogens with zero attached hydrogens (tertiary/aromatic N) is 4. The second-order valence-electron chi connectivity index (χ2n) is 9.05. The highest BCUT2D eigenvalue weighted by atomic mass is 19.1. The maximum Gasteiger partial charge on any atom is 0.222 e. The van der Waals surface area contributed by atoms with Crippen molar-refractivity contribution in [3.63, 3.8) is 0 Å². The molecule has 1 amide bonds. The lowest BCUT2D eigenvalue weighted by Crippen LogP contribution is -2.29. The number of nitrogens with one attached hydrogen (secondary N) is 1. The molecule has 0 radical (unpaired) electrons. The molecule has 1 aliphatic carbocycles. The molecule has 5 rings (SSSR count). The van der Waals surface area contributed by atoms with Crippen LogP contribution in [0.25, 0.3) is 11.3 Å². The first-order valence-corrected chi connectivity index (χ1v) is 11.7. The number of benzene rings is 1. The third kappa shape index (κ3) is 5.18. The molecule has 0 spiro atoms. The van der Waals surface area contributed by atoms with Crippen LogP contribution in [-0.2, 0) is 4.79 Å². The first-order valence-electron chi connectivity index (χ1n) is 11.7. The number of carbonyl (C=O) groups excluding carboxylic acids is 1. The number of likely N-dealkylation sites (tertiary alicyclic amines) is 1. The van der Waals surface area contributed by atoms with Gasteiger partial charge in [0.05, 0.1) is 5.69 Å². The lowest BCUT2D eigenvalue weighted by molar-refractivity contribution is -0.131. The highest BCUT2D eigenvalue weighted by molar-refractivity contribution is 5.77. The summed E-state index contributed by atoms with van der Waals surface area (Å²) in [5, 5.41) is 3.21. The molecule has 2 aromatic heterocycles. The van der Waals surface area contributed by atoms with Gasteiger partial charge in [0.2, 0.25) is 5.91 Å². The molecule has 7 heteroatoms. The van der Waals surface area contributed by atoms with Crippen LogP contribution in [0.15, 0.2) is 54.9 Å². The minimum absolute atomic E-state index is 0.0763. The smallest absolute Gasteiger partial charge is 0.222 e. The summed E-state index contributed by atoms with van der Waals surface area (Å²) in [5.74, 6) is 1.88. The summed E-state index contributed by atoms with van der Waals surface area (Å²) in [4.78, 5) is 28.5. The molecule has 0 bridgehead atoms. The largest absolute Gasteiger partial charge is 0.342 e. The van der Waals surface area contributed by atoms with Crippen molar-refractivity contribution in [3.8, 4) is 11.3 Å². The maximum absolute atomic E-state index is 13.7. The minimum Gasteiger partial charge on any atom is -0.342 e. The topological polar surface area (TPSA) is 71.0 Å². The van der Waals surface area contributed by atoms with Crippen LogP contribution in [0.3, 0.4) is 0 Å². The Balaban J connectivity index is 1.38. The monoisotopic (exact) mass is 445 g/mol. The van der Waals surface area contributed by atoms with Crippen molar-refractivity contribution < 1.29 is 9.18 Å². The number of halogens is 1. The van der Waals surface area contributed by atoms with E-state index in [2.05, 4.69) is 10.3 Å². The highest BCUT2D eigenvalue weighted by Crippen LogP contribution is 2.32. The van der Waals surface area contributed by atoms with Crippen LogP contribution in [0, 0.1) is 11.7 Å². The molecule has 1 aromatic carbocycles. The van der Waals surface area contributed by atoms with Crippen LogP contribution < -0.4 is 5.32 Å². The number of carbonyl (C=O) groups is 1. The molecule has 2 fully saturated rings. The molecule has 1 atom stereocenters. The molecule has 1 saturated heterocycles. The van der Waals surface area contributed by atoms with Crippen LogP contribution in [-0.4, -0.2) is 38.8 Å². The van der Waals surface area contributed by atoms with Crippen molar-refractivity contribution in [2.24, 2.45) is 5.92 Å². The van der Waals surface area contributed by atoms with Crippen LogP contribution >= 0.6 is 0 Å². The second kappa shape index (κ2) is 9.65. The first-order chi connectivity index (χ1) is 16.1. The van der Waals surface area contributed by atoms with Gasteiger partial charge in [0.25, 0.3) is 0 Å². The van der Waals surface area contributed by atoms with Gasteiger partial charge in [-0.1, -0.05) is 18.9 Å². The summed E-state index contributed by atoms with van der Waals surface area (Å²) in [7, 11) is 0. The quantitative estimate of drug-likeness (QED) is 0.556. The fourth-order valence-corrected chi connectivity index (χ4v) is 4.89. The number of amides is 1. The van der Waals surface area contributed by atoms with Gasteiger partial charge < -0.3 is 10.2 Å². The molecular weight excluding hydrogens is 417 g/mol. The van der Waals surface area contributed by atoms with Gasteiger partial charge in [-0.15, -0.1) is 0 Å². The first kappa shape index (κ1) is 21.5. The molecule has 2 aliphatic rings. The van der Waals surface area contributed by atoms with Gasteiger partial charge in [0, 0.05) is 55.1 Å². The fourth-order valence-electron chi connectivity index (χ4n) is 4.89.